The van der Waals surface area contributed by atoms with Gasteiger partial charge in [0.25, 0.3) is 0 Å². The lowest BCUT2D eigenvalue weighted by molar-refractivity contribution is -0.135. The molecule has 3 amide bonds. The molecular weight excluding hydrogens is 344 g/mol. The number of hydrogen-bond donors (Lipinski definition) is 1. The molecule has 0 radical (unpaired) electrons. The molecule has 7 heteroatoms. The van der Waals surface area contributed by atoms with E-state index in [2.05, 4.69) is 15.1 Å². The maximum atomic E-state index is 12.9. The van der Waals surface area contributed by atoms with Gasteiger partial charge in [-0.1, -0.05) is 6.42 Å². The van der Waals surface area contributed by atoms with Crippen LogP contribution in [0.25, 0.3) is 0 Å². The molecule has 1 atom stereocenters. The third-order valence-electron chi connectivity index (χ3n) is 6.01. The van der Waals surface area contributed by atoms with Gasteiger partial charge in [0.05, 0.1) is 6.04 Å². The largest absolute Gasteiger partial charge is 0.385 e. The standard InChI is InChI=1S/C20H36N4O3/c1-27-15-5-9-21-20(26)23-12-8-18(16-23)24(19(25)17-6-7-17)14-13-22-10-3-2-4-11-22/h17-18H,2-16H2,1H3,(H,21,26). The van der Waals surface area contributed by atoms with Crippen LogP contribution in [0.5, 0.6) is 0 Å². The fourth-order valence-electron chi connectivity index (χ4n) is 4.17. The van der Waals surface area contributed by atoms with Gasteiger partial charge in [0.2, 0.25) is 5.91 Å². The molecule has 2 heterocycles. The Labute approximate surface area is 163 Å². The van der Waals surface area contributed by atoms with Gasteiger partial charge in [0.1, 0.15) is 0 Å². The van der Waals surface area contributed by atoms with Crippen molar-refractivity contribution in [2.75, 3.05) is 59.5 Å². The number of ether oxygens (including phenoxy) is 1. The number of hydrogen-bond acceptors (Lipinski definition) is 4. The van der Waals surface area contributed by atoms with Gasteiger partial charge in [-0.3, -0.25) is 4.79 Å². The summed E-state index contributed by atoms with van der Waals surface area (Å²) in [5.41, 5.74) is 0. The van der Waals surface area contributed by atoms with Crippen LogP contribution in [0.15, 0.2) is 0 Å². The molecule has 7 nitrogen and oxygen atoms in total. The van der Waals surface area contributed by atoms with Gasteiger partial charge in [-0.25, -0.2) is 4.79 Å². The van der Waals surface area contributed by atoms with Crippen LogP contribution in [0.2, 0.25) is 0 Å². The molecule has 0 spiro atoms. The molecule has 3 fully saturated rings. The lowest BCUT2D eigenvalue weighted by Gasteiger charge is -2.33. The van der Waals surface area contributed by atoms with Gasteiger partial charge in [-0.2, -0.15) is 0 Å². The Morgan fingerprint density at radius 3 is 2.59 bits per heavy atom. The van der Waals surface area contributed by atoms with Crippen molar-refractivity contribution in [3.8, 4) is 0 Å². The number of carbonyl (C=O) groups excluding carboxylic acids is 2. The SMILES string of the molecule is COCCCNC(=O)N1CCC(N(CCN2CCCCC2)C(=O)C2CC2)C1. The van der Waals surface area contributed by atoms with E-state index in [9.17, 15) is 9.59 Å². The van der Waals surface area contributed by atoms with Crippen LogP contribution in [0, 0.1) is 5.92 Å². The summed E-state index contributed by atoms with van der Waals surface area (Å²) >= 11 is 0. The lowest BCUT2D eigenvalue weighted by Crippen LogP contribution is -2.48. The van der Waals surface area contributed by atoms with Gasteiger partial charge >= 0.3 is 6.03 Å². The van der Waals surface area contributed by atoms with E-state index in [4.69, 9.17) is 4.74 Å². The molecule has 1 N–H and O–H groups in total. The van der Waals surface area contributed by atoms with Crippen molar-refractivity contribution in [2.24, 2.45) is 5.92 Å². The second kappa shape index (κ2) is 10.3. The van der Waals surface area contributed by atoms with Crippen LogP contribution in [0.4, 0.5) is 4.79 Å². The normalized spacial score (nSPS) is 23.4. The molecule has 0 aromatic carbocycles. The second-order valence-electron chi connectivity index (χ2n) is 8.18. The van der Waals surface area contributed by atoms with Crippen LogP contribution < -0.4 is 5.32 Å². The average molecular weight is 381 g/mol. The number of likely N-dealkylation sites (tertiary alicyclic amines) is 2. The zero-order valence-corrected chi connectivity index (χ0v) is 16.8. The van der Waals surface area contributed by atoms with Crippen LogP contribution in [0.3, 0.4) is 0 Å². The van der Waals surface area contributed by atoms with E-state index in [1.807, 2.05) is 4.90 Å². The molecule has 3 aliphatic rings. The number of piperidine rings is 1. The highest BCUT2D eigenvalue weighted by Gasteiger charge is 2.39. The smallest absolute Gasteiger partial charge is 0.317 e. The lowest BCUT2D eigenvalue weighted by atomic mass is 10.1. The van der Waals surface area contributed by atoms with Crippen molar-refractivity contribution < 1.29 is 14.3 Å². The van der Waals surface area contributed by atoms with E-state index >= 15 is 0 Å². The number of rotatable bonds is 9. The maximum absolute atomic E-state index is 12.9. The van der Waals surface area contributed by atoms with E-state index in [0.29, 0.717) is 25.6 Å². The van der Waals surface area contributed by atoms with E-state index < -0.39 is 0 Å². The summed E-state index contributed by atoms with van der Waals surface area (Å²) < 4.78 is 5.02. The predicted molar refractivity (Wildman–Crippen MR) is 105 cm³/mol. The Balaban J connectivity index is 1.48. The van der Waals surface area contributed by atoms with E-state index in [-0.39, 0.29) is 18.0 Å². The van der Waals surface area contributed by atoms with Crippen LogP contribution >= 0.6 is 0 Å². The molecule has 0 aromatic rings. The average Bonchev–Trinajstić information content (AvgIpc) is 3.43. The Morgan fingerprint density at radius 1 is 1.11 bits per heavy atom. The first-order valence-corrected chi connectivity index (χ1v) is 10.7. The van der Waals surface area contributed by atoms with Crippen LogP contribution in [-0.2, 0) is 9.53 Å². The predicted octanol–water partition coefficient (Wildman–Crippen LogP) is 1.53. The molecule has 1 unspecified atom stereocenters. The number of urea groups is 1. The topological polar surface area (TPSA) is 65.1 Å². The Bertz CT molecular complexity index is 492. The molecule has 3 rings (SSSR count). The first-order valence-electron chi connectivity index (χ1n) is 10.7. The number of amides is 3. The summed E-state index contributed by atoms with van der Waals surface area (Å²) in [4.78, 5) is 31.7. The van der Waals surface area contributed by atoms with Crippen molar-refractivity contribution in [1.29, 1.82) is 0 Å². The molecule has 27 heavy (non-hydrogen) atoms. The number of methoxy groups -OCH3 is 1. The molecule has 1 aliphatic carbocycles. The van der Waals surface area contributed by atoms with E-state index in [1.54, 1.807) is 7.11 Å². The fourth-order valence-corrected chi connectivity index (χ4v) is 4.17. The minimum absolute atomic E-state index is 0.0107. The number of nitrogens with one attached hydrogen (secondary N) is 1. The summed E-state index contributed by atoms with van der Waals surface area (Å²) in [6, 6.07) is 0.163. The summed E-state index contributed by atoms with van der Waals surface area (Å²) in [5, 5.41) is 2.96. The summed E-state index contributed by atoms with van der Waals surface area (Å²) in [6.07, 6.45) is 7.67. The molecular formula is C20H36N4O3. The van der Waals surface area contributed by atoms with Crippen molar-refractivity contribution in [3.63, 3.8) is 0 Å². The quantitative estimate of drug-likeness (QED) is 0.616. The fraction of sp³-hybridized carbons (Fsp3) is 0.900. The van der Waals surface area contributed by atoms with Crippen molar-refractivity contribution in [3.05, 3.63) is 0 Å². The Hall–Kier alpha value is -1.34. The summed E-state index contributed by atoms with van der Waals surface area (Å²) in [5.74, 6) is 0.558. The van der Waals surface area contributed by atoms with Crippen LogP contribution in [0.1, 0.15) is 44.9 Å². The summed E-state index contributed by atoms with van der Waals surface area (Å²) in [6.45, 7) is 6.78. The van der Waals surface area contributed by atoms with Gasteiger partial charge in [0.15, 0.2) is 0 Å². The minimum atomic E-state index is -0.0107. The van der Waals surface area contributed by atoms with E-state index in [0.717, 1.165) is 58.4 Å². The second-order valence-corrected chi connectivity index (χ2v) is 8.18. The third-order valence-corrected chi connectivity index (χ3v) is 6.01. The molecule has 0 bridgehead atoms. The van der Waals surface area contributed by atoms with Gasteiger partial charge in [-0.05, 0) is 51.6 Å². The van der Waals surface area contributed by atoms with E-state index in [1.165, 1.54) is 19.3 Å². The first kappa shape index (κ1) is 20.4. The highest BCUT2D eigenvalue weighted by molar-refractivity contribution is 5.81. The molecule has 0 aromatic heterocycles. The monoisotopic (exact) mass is 380 g/mol. The highest BCUT2D eigenvalue weighted by Crippen LogP contribution is 2.32. The number of carbonyl (C=O) groups is 2. The van der Waals surface area contributed by atoms with Crippen molar-refractivity contribution in [2.45, 2.75) is 51.0 Å². The maximum Gasteiger partial charge on any atom is 0.317 e. The van der Waals surface area contributed by atoms with Crippen molar-refractivity contribution >= 4 is 11.9 Å². The van der Waals surface area contributed by atoms with Crippen molar-refractivity contribution in [1.82, 2.24) is 20.0 Å². The summed E-state index contributed by atoms with van der Waals surface area (Å²) in [7, 11) is 1.67. The molecule has 2 aliphatic heterocycles. The van der Waals surface area contributed by atoms with Gasteiger partial charge in [0, 0.05) is 52.4 Å². The first-order chi connectivity index (χ1) is 13.2. The Morgan fingerprint density at radius 2 is 1.89 bits per heavy atom. The molecule has 2 saturated heterocycles. The molecule has 154 valence electrons. The zero-order valence-electron chi connectivity index (χ0n) is 16.8. The minimum Gasteiger partial charge on any atom is -0.385 e. The highest BCUT2D eigenvalue weighted by atomic mass is 16.5. The third kappa shape index (κ3) is 6.07. The van der Waals surface area contributed by atoms with Gasteiger partial charge < -0.3 is 24.8 Å². The zero-order chi connectivity index (χ0) is 19.1. The Kier molecular flexibility index (Phi) is 7.76. The number of nitrogens with zero attached hydrogens (tertiary/aromatic N) is 3. The van der Waals surface area contributed by atoms with Crippen LogP contribution in [-0.4, -0.2) is 92.2 Å². The van der Waals surface area contributed by atoms with Gasteiger partial charge in [-0.15, -0.1) is 0 Å². The molecule has 1 saturated carbocycles.